The first-order valence-electron chi connectivity index (χ1n) is 5.92. The highest BCUT2D eigenvalue weighted by Crippen LogP contribution is 2.01. The predicted molar refractivity (Wildman–Crippen MR) is 69.0 cm³/mol. The van der Waals surface area contributed by atoms with Gasteiger partial charge in [-0.25, -0.2) is 4.98 Å². The molecule has 0 aromatic carbocycles. The molecule has 3 nitrogen and oxygen atoms in total. The van der Waals surface area contributed by atoms with Crippen LogP contribution in [-0.4, -0.2) is 22.8 Å². The molecule has 1 amide bonds. The molecule has 1 rings (SSSR count). The van der Waals surface area contributed by atoms with Crippen molar-refractivity contribution in [3.8, 4) is 0 Å². The maximum absolute atomic E-state index is 12.6. The largest absolute Gasteiger partial charge is 0.340 e. The Morgan fingerprint density at radius 1 is 1.29 bits per heavy atom. The zero-order valence-corrected chi connectivity index (χ0v) is 11.6. The maximum Gasteiger partial charge on any atom is 0.219 e. The lowest BCUT2D eigenvalue weighted by Crippen LogP contribution is -2.23. The van der Waals surface area contributed by atoms with Crippen LogP contribution in [0.5, 0.6) is 0 Å². The van der Waals surface area contributed by atoms with Gasteiger partial charge in [0.05, 0.1) is 12.2 Å². The van der Waals surface area contributed by atoms with Crippen molar-refractivity contribution >= 4 is 5.91 Å². The first kappa shape index (κ1) is 17.9. The molecule has 0 fully saturated rings. The summed E-state index contributed by atoms with van der Waals surface area (Å²) in [6.45, 7) is 9.80. The van der Waals surface area contributed by atoms with Gasteiger partial charge in [0.1, 0.15) is 0 Å². The molecule has 0 radical (unpaired) electrons. The molecule has 0 atom stereocenters. The zero-order valence-electron chi connectivity index (χ0n) is 11.6. The SMILES string of the molecule is CC.CC.CC(=O)N(C)Cc1cccc(F)n1. The maximum atomic E-state index is 12.6. The van der Waals surface area contributed by atoms with E-state index in [1.54, 1.807) is 19.2 Å². The summed E-state index contributed by atoms with van der Waals surface area (Å²) in [5.74, 6) is -0.583. The normalized spacial score (nSPS) is 8.18. The molecule has 98 valence electrons. The van der Waals surface area contributed by atoms with E-state index in [2.05, 4.69) is 4.98 Å². The summed E-state index contributed by atoms with van der Waals surface area (Å²) in [5, 5.41) is 0. The van der Waals surface area contributed by atoms with E-state index in [0.717, 1.165) is 0 Å². The highest BCUT2D eigenvalue weighted by molar-refractivity contribution is 5.72. The summed E-state index contributed by atoms with van der Waals surface area (Å²) >= 11 is 0. The molecule has 0 unspecified atom stereocenters. The third-order valence-electron chi connectivity index (χ3n) is 1.71. The average molecular weight is 242 g/mol. The second kappa shape index (κ2) is 11.0. The zero-order chi connectivity index (χ0) is 13.8. The minimum absolute atomic E-state index is 0.0638. The molecule has 1 heterocycles. The van der Waals surface area contributed by atoms with Crippen LogP contribution in [0.1, 0.15) is 40.3 Å². The van der Waals surface area contributed by atoms with E-state index >= 15 is 0 Å². The monoisotopic (exact) mass is 242 g/mol. The lowest BCUT2D eigenvalue weighted by molar-refractivity contribution is -0.128. The number of amides is 1. The molecular weight excluding hydrogens is 219 g/mol. The average Bonchev–Trinajstić information content (AvgIpc) is 2.34. The summed E-state index contributed by atoms with van der Waals surface area (Å²) in [5.41, 5.74) is 0.553. The smallest absolute Gasteiger partial charge is 0.219 e. The van der Waals surface area contributed by atoms with Crippen LogP contribution < -0.4 is 0 Å². The predicted octanol–water partition coefficient (Wildman–Crippen LogP) is 3.25. The van der Waals surface area contributed by atoms with Crippen LogP contribution in [0.3, 0.4) is 0 Å². The van der Waals surface area contributed by atoms with Gasteiger partial charge >= 0.3 is 0 Å². The molecule has 0 N–H and O–H groups in total. The summed E-state index contributed by atoms with van der Waals surface area (Å²) in [6, 6.07) is 4.53. The third kappa shape index (κ3) is 8.37. The quantitative estimate of drug-likeness (QED) is 0.746. The lowest BCUT2D eigenvalue weighted by atomic mass is 10.3. The Morgan fingerprint density at radius 3 is 2.24 bits per heavy atom. The number of carbonyl (C=O) groups excluding carboxylic acids is 1. The molecule has 0 saturated heterocycles. The molecule has 17 heavy (non-hydrogen) atoms. The molecule has 1 aromatic rings. The second-order valence-corrected chi connectivity index (χ2v) is 2.83. The van der Waals surface area contributed by atoms with E-state index in [1.165, 1.54) is 17.9 Å². The Morgan fingerprint density at radius 2 is 1.82 bits per heavy atom. The molecule has 0 spiro atoms. The highest BCUT2D eigenvalue weighted by atomic mass is 19.1. The Kier molecular flexibility index (Phi) is 11.7. The van der Waals surface area contributed by atoms with Crippen molar-refractivity contribution in [3.05, 3.63) is 29.8 Å². The fraction of sp³-hybridized carbons (Fsp3) is 0.538. The van der Waals surface area contributed by atoms with Gasteiger partial charge in [-0.05, 0) is 12.1 Å². The van der Waals surface area contributed by atoms with Crippen molar-refractivity contribution in [1.29, 1.82) is 0 Å². The Balaban J connectivity index is 0. The van der Waals surface area contributed by atoms with Gasteiger partial charge in [0, 0.05) is 14.0 Å². The number of hydrogen-bond donors (Lipinski definition) is 0. The molecule has 4 heteroatoms. The van der Waals surface area contributed by atoms with Crippen molar-refractivity contribution in [2.75, 3.05) is 7.05 Å². The molecule has 1 aromatic heterocycles. The first-order valence-corrected chi connectivity index (χ1v) is 5.92. The van der Waals surface area contributed by atoms with E-state index in [4.69, 9.17) is 0 Å². The van der Waals surface area contributed by atoms with Crippen LogP contribution in [-0.2, 0) is 11.3 Å². The van der Waals surface area contributed by atoms with E-state index in [1.807, 2.05) is 27.7 Å². The van der Waals surface area contributed by atoms with Gasteiger partial charge in [0.15, 0.2) is 0 Å². The fourth-order valence-electron chi connectivity index (χ4n) is 0.893. The van der Waals surface area contributed by atoms with Crippen molar-refractivity contribution in [3.63, 3.8) is 0 Å². The number of carbonyl (C=O) groups is 1. The standard InChI is InChI=1S/C9H11FN2O.2C2H6/c1-7(13)12(2)6-8-4-3-5-9(10)11-8;2*1-2/h3-5H,6H2,1-2H3;2*1-2H3. The molecule has 0 saturated carbocycles. The van der Waals surface area contributed by atoms with Crippen molar-refractivity contribution in [1.82, 2.24) is 9.88 Å². The van der Waals surface area contributed by atoms with Crippen LogP contribution >= 0.6 is 0 Å². The van der Waals surface area contributed by atoms with Gasteiger partial charge in [-0.1, -0.05) is 33.8 Å². The Labute approximate surface area is 104 Å². The fourth-order valence-corrected chi connectivity index (χ4v) is 0.893. The van der Waals surface area contributed by atoms with E-state index < -0.39 is 5.95 Å². The van der Waals surface area contributed by atoms with Gasteiger partial charge in [0.25, 0.3) is 0 Å². The number of nitrogens with zero attached hydrogens (tertiary/aromatic N) is 2. The van der Waals surface area contributed by atoms with Gasteiger partial charge in [0.2, 0.25) is 11.9 Å². The van der Waals surface area contributed by atoms with Gasteiger partial charge < -0.3 is 4.90 Å². The van der Waals surface area contributed by atoms with Crippen molar-refractivity contribution in [2.24, 2.45) is 0 Å². The van der Waals surface area contributed by atoms with Crippen LogP contribution in [0, 0.1) is 5.95 Å². The van der Waals surface area contributed by atoms with E-state index in [-0.39, 0.29) is 5.91 Å². The molecule has 0 aliphatic rings. The van der Waals surface area contributed by atoms with Gasteiger partial charge in [-0.3, -0.25) is 4.79 Å². The summed E-state index contributed by atoms with van der Waals surface area (Å²) in [7, 11) is 1.65. The summed E-state index contributed by atoms with van der Waals surface area (Å²) in [6.07, 6.45) is 0. The number of aromatic nitrogens is 1. The highest BCUT2D eigenvalue weighted by Gasteiger charge is 2.04. The lowest BCUT2D eigenvalue weighted by Gasteiger charge is -2.13. The van der Waals surface area contributed by atoms with E-state index in [0.29, 0.717) is 12.2 Å². The molecule has 0 aliphatic carbocycles. The minimum atomic E-state index is -0.519. The van der Waals surface area contributed by atoms with Gasteiger partial charge in [-0.15, -0.1) is 0 Å². The number of pyridine rings is 1. The summed E-state index contributed by atoms with van der Waals surface area (Å²) in [4.78, 5) is 15.9. The topological polar surface area (TPSA) is 33.2 Å². The minimum Gasteiger partial charge on any atom is -0.340 e. The van der Waals surface area contributed by atoms with Crippen molar-refractivity contribution in [2.45, 2.75) is 41.2 Å². The van der Waals surface area contributed by atoms with Crippen LogP contribution in [0.15, 0.2) is 18.2 Å². The van der Waals surface area contributed by atoms with Crippen molar-refractivity contribution < 1.29 is 9.18 Å². The van der Waals surface area contributed by atoms with Crippen LogP contribution in [0.4, 0.5) is 4.39 Å². The molecule has 0 bridgehead atoms. The van der Waals surface area contributed by atoms with Crippen LogP contribution in [0.2, 0.25) is 0 Å². The summed E-state index contributed by atoms with van der Waals surface area (Å²) < 4.78 is 12.6. The second-order valence-electron chi connectivity index (χ2n) is 2.83. The third-order valence-corrected chi connectivity index (χ3v) is 1.71. The van der Waals surface area contributed by atoms with Crippen LogP contribution in [0.25, 0.3) is 0 Å². The van der Waals surface area contributed by atoms with Gasteiger partial charge in [-0.2, -0.15) is 4.39 Å². The molecule has 0 aliphatic heterocycles. The number of halogens is 1. The molecular formula is C13H23FN2O. The number of hydrogen-bond acceptors (Lipinski definition) is 2. The number of rotatable bonds is 2. The van der Waals surface area contributed by atoms with E-state index in [9.17, 15) is 9.18 Å². The Bertz CT molecular complexity index is 316. The first-order chi connectivity index (χ1) is 8.09. The Hall–Kier alpha value is -1.45.